The van der Waals surface area contributed by atoms with E-state index >= 15 is 0 Å². The molecule has 1 saturated heterocycles. The highest BCUT2D eigenvalue weighted by Crippen LogP contribution is 2.27. The van der Waals surface area contributed by atoms with Crippen LogP contribution in [0.5, 0.6) is 0 Å². The Balaban J connectivity index is 1.45. The molecule has 4 rings (SSSR count). The third kappa shape index (κ3) is 4.98. The molecule has 2 aromatic carbocycles. The van der Waals surface area contributed by atoms with E-state index in [2.05, 4.69) is 53.4 Å². The number of hydrogen-bond acceptors (Lipinski definition) is 5. The number of carbonyl (C=O) groups excluding carboxylic acids is 1. The van der Waals surface area contributed by atoms with Gasteiger partial charge in [-0.3, -0.25) is 4.79 Å². The Labute approximate surface area is 196 Å². The third-order valence-corrected chi connectivity index (χ3v) is 8.59. The van der Waals surface area contributed by atoms with Gasteiger partial charge in [0.25, 0.3) is 0 Å². The van der Waals surface area contributed by atoms with Crippen LogP contribution < -0.4 is 10.2 Å². The predicted molar refractivity (Wildman–Crippen MR) is 132 cm³/mol. The molecule has 33 heavy (non-hydrogen) atoms. The van der Waals surface area contributed by atoms with Crippen molar-refractivity contribution in [2.45, 2.75) is 24.3 Å². The molecule has 8 heteroatoms. The zero-order valence-electron chi connectivity index (χ0n) is 19.5. The highest BCUT2D eigenvalue weighted by atomic mass is 32.2. The third-order valence-electron chi connectivity index (χ3n) is 6.71. The SMILES string of the molecule is CNC(=O)C1=CCN(S(=O)(=O)c2ccc(-c3ccc(N4CCN(C)C(C)C4)cc3)cc2)CC1. The fourth-order valence-electron chi connectivity index (χ4n) is 4.35. The number of benzene rings is 2. The fraction of sp³-hybridized carbons (Fsp3) is 0.400. The predicted octanol–water partition coefficient (Wildman–Crippen LogP) is 2.56. The van der Waals surface area contributed by atoms with Gasteiger partial charge >= 0.3 is 0 Å². The quantitative estimate of drug-likeness (QED) is 0.730. The first-order valence-corrected chi connectivity index (χ1v) is 12.8. The van der Waals surface area contributed by atoms with Crippen LogP contribution in [0.25, 0.3) is 11.1 Å². The number of nitrogens with zero attached hydrogens (tertiary/aromatic N) is 3. The van der Waals surface area contributed by atoms with E-state index in [1.54, 1.807) is 25.3 Å². The smallest absolute Gasteiger partial charge is 0.246 e. The normalized spacial score (nSPS) is 20.4. The number of anilines is 1. The number of nitrogens with one attached hydrogen (secondary N) is 1. The van der Waals surface area contributed by atoms with Gasteiger partial charge in [-0.15, -0.1) is 0 Å². The summed E-state index contributed by atoms with van der Waals surface area (Å²) in [6, 6.07) is 16.0. The van der Waals surface area contributed by atoms with Gasteiger partial charge in [0.1, 0.15) is 0 Å². The first-order chi connectivity index (χ1) is 15.8. The van der Waals surface area contributed by atoms with Crippen LogP contribution in [0, 0.1) is 0 Å². The summed E-state index contributed by atoms with van der Waals surface area (Å²) in [5, 5.41) is 2.59. The van der Waals surface area contributed by atoms with Gasteiger partial charge in [0.15, 0.2) is 0 Å². The minimum absolute atomic E-state index is 0.149. The van der Waals surface area contributed by atoms with E-state index < -0.39 is 10.0 Å². The minimum Gasteiger partial charge on any atom is -0.369 e. The highest BCUT2D eigenvalue weighted by Gasteiger charge is 2.27. The lowest BCUT2D eigenvalue weighted by molar-refractivity contribution is -0.117. The summed E-state index contributed by atoms with van der Waals surface area (Å²) in [6.45, 7) is 5.84. The first kappa shape index (κ1) is 23.5. The molecule has 0 bridgehead atoms. The molecule has 1 unspecified atom stereocenters. The molecule has 2 aromatic rings. The molecule has 1 atom stereocenters. The molecule has 1 fully saturated rings. The van der Waals surface area contributed by atoms with E-state index in [9.17, 15) is 13.2 Å². The molecule has 0 aromatic heterocycles. The molecular weight excluding hydrogens is 436 g/mol. The molecule has 1 N–H and O–H groups in total. The Morgan fingerprint density at radius 3 is 2.15 bits per heavy atom. The Hall–Kier alpha value is -2.68. The van der Waals surface area contributed by atoms with Gasteiger partial charge in [0, 0.05) is 57.1 Å². The van der Waals surface area contributed by atoms with Crippen LogP contribution in [0.3, 0.4) is 0 Å². The minimum atomic E-state index is -3.60. The maximum absolute atomic E-state index is 13.0. The van der Waals surface area contributed by atoms with Crippen molar-refractivity contribution in [2.24, 2.45) is 0 Å². The van der Waals surface area contributed by atoms with E-state index in [0.29, 0.717) is 24.6 Å². The van der Waals surface area contributed by atoms with Gasteiger partial charge in [-0.2, -0.15) is 4.31 Å². The van der Waals surface area contributed by atoms with Crippen molar-refractivity contribution >= 4 is 21.6 Å². The number of piperazine rings is 1. The Morgan fingerprint density at radius 2 is 1.61 bits per heavy atom. The summed E-state index contributed by atoms with van der Waals surface area (Å²) < 4.78 is 27.5. The van der Waals surface area contributed by atoms with Crippen molar-refractivity contribution < 1.29 is 13.2 Å². The molecule has 0 spiro atoms. The van der Waals surface area contributed by atoms with Crippen LogP contribution in [0.1, 0.15) is 13.3 Å². The number of likely N-dealkylation sites (N-methyl/N-ethyl adjacent to an activating group) is 2. The van der Waals surface area contributed by atoms with Gasteiger partial charge in [-0.1, -0.05) is 30.3 Å². The summed E-state index contributed by atoms with van der Waals surface area (Å²) in [5.41, 5.74) is 3.88. The molecule has 0 radical (unpaired) electrons. The Morgan fingerprint density at radius 1 is 0.970 bits per heavy atom. The van der Waals surface area contributed by atoms with Gasteiger partial charge in [-0.05, 0) is 55.8 Å². The van der Waals surface area contributed by atoms with E-state index in [1.807, 2.05) is 12.1 Å². The number of carbonyl (C=O) groups is 1. The molecule has 2 aliphatic heterocycles. The molecule has 0 saturated carbocycles. The first-order valence-electron chi connectivity index (χ1n) is 11.4. The zero-order chi connectivity index (χ0) is 23.6. The van der Waals surface area contributed by atoms with E-state index in [0.717, 1.165) is 30.8 Å². The van der Waals surface area contributed by atoms with E-state index in [1.165, 1.54) is 9.99 Å². The average Bonchev–Trinajstić information content (AvgIpc) is 2.85. The second kappa shape index (κ2) is 9.67. The van der Waals surface area contributed by atoms with E-state index in [4.69, 9.17) is 0 Å². The van der Waals surface area contributed by atoms with Gasteiger partial charge in [0.2, 0.25) is 15.9 Å². The van der Waals surface area contributed by atoms with Crippen LogP contribution in [-0.4, -0.2) is 76.4 Å². The zero-order valence-corrected chi connectivity index (χ0v) is 20.3. The van der Waals surface area contributed by atoms with Crippen LogP contribution in [0.4, 0.5) is 5.69 Å². The monoisotopic (exact) mass is 468 g/mol. The van der Waals surface area contributed by atoms with Crippen molar-refractivity contribution in [3.05, 3.63) is 60.2 Å². The maximum Gasteiger partial charge on any atom is 0.246 e. The van der Waals surface area contributed by atoms with Crippen LogP contribution in [-0.2, 0) is 14.8 Å². The fourth-order valence-corrected chi connectivity index (χ4v) is 5.73. The number of hydrogen-bond donors (Lipinski definition) is 1. The summed E-state index contributed by atoms with van der Waals surface area (Å²) in [6.07, 6.45) is 2.10. The number of rotatable bonds is 5. The molecule has 2 heterocycles. The van der Waals surface area contributed by atoms with Crippen molar-refractivity contribution in [3.63, 3.8) is 0 Å². The largest absolute Gasteiger partial charge is 0.369 e. The average molecular weight is 469 g/mol. The van der Waals surface area contributed by atoms with Crippen molar-refractivity contribution in [3.8, 4) is 11.1 Å². The van der Waals surface area contributed by atoms with Gasteiger partial charge < -0.3 is 15.1 Å². The highest BCUT2D eigenvalue weighted by molar-refractivity contribution is 7.89. The van der Waals surface area contributed by atoms with Crippen molar-refractivity contribution in [1.82, 2.24) is 14.5 Å². The van der Waals surface area contributed by atoms with Crippen LogP contribution in [0.2, 0.25) is 0 Å². The summed E-state index contributed by atoms with van der Waals surface area (Å²) in [4.78, 5) is 16.8. The van der Waals surface area contributed by atoms with E-state index in [-0.39, 0.29) is 17.3 Å². The van der Waals surface area contributed by atoms with Gasteiger partial charge in [-0.25, -0.2) is 8.42 Å². The maximum atomic E-state index is 13.0. The second-order valence-electron chi connectivity index (χ2n) is 8.77. The number of sulfonamides is 1. The van der Waals surface area contributed by atoms with Crippen molar-refractivity contribution in [1.29, 1.82) is 0 Å². The Bertz CT molecular complexity index is 1130. The van der Waals surface area contributed by atoms with Gasteiger partial charge in [0.05, 0.1) is 4.90 Å². The lowest BCUT2D eigenvalue weighted by atomic mass is 10.0. The lowest BCUT2D eigenvalue weighted by Crippen LogP contribution is -2.50. The summed E-state index contributed by atoms with van der Waals surface area (Å²) >= 11 is 0. The second-order valence-corrected chi connectivity index (χ2v) is 10.7. The van der Waals surface area contributed by atoms with Crippen LogP contribution in [0.15, 0.2) is 65.1 Å². The van der Waals surface area contributed by atoms with Crippen LogP contribution >= 0.6 is 0 Å². The molecular formula is C25H32N4O3S. The molecule has 1 amide bonds. The van der Waals surface area contributed by atoms with Crippen molar-refractivity contribution in [2.75, 3.05) is 51.7 Å². The molecule has 176 valence electrons. The molecule has 0 aliphatic carbocycles. The topological polar surface area (TPSA) is 73.0 Å². The molecule has 2 aliphatic rings. The lowest BCUT2D eigenvalue weighted by Gasteiger charge is -2.39. The molecule has 7 nitrogen and oxygen atoms in total. The number of amides is 1. The summed E-state index contributed by atoms with van der Waals surface area (Å²) in [5.74, 6) is -0.149. The summed E-state index contributed by atoms with van der Waals surface area (Å²) in [7, 11) is 0.142. The standard InChI is InChI=1S/C25H32N4O3S/c1-19-18-28(17-16-27(19)3)23-8-4-20(5-9-23)21-6-10-24(11-7-21)33(31,32)29-14-12-22(13-15-29)25(30)26-2/h4-12,19H,13-18H2,1-3H3,(H,26,30). The Kier molecular flexibility index (Phi) is 6.88.